The minimum absolute atomic E-state index is 0. The Morgan fingerprint density at radius 3 is 2.67 bits per heavy atom. The molecule has 0 aliphatic heterocycles. The Labute approximate surface area is 167 Å². The Balaban J connectivity index is 0.00000210. The van der Waals surface area contributed by atoms with Gasteiger partial charge in [-0.25, -0.2) is 4.98 Å². The van der Waals surface area contributed by atoms with Gasteiger partial charge in [-0.05, 0) is 67.6 Å². The maximum absolute atomic E-state index is 5.44. The van der Waals surface area contributed by atoms with Gasteiger partial charge in [0.2, 0.25) is 0 Å². The zero-order chi connectivity index (χ0) is 18.1. The van der Waals surface area contributed by atoms with E-state index in [2.05, 4.69) is 67.5 Å². The molecule has 0 radical (unpaired) electrons. The van der Waals surface area contributed by atoms with Crippen LogP contribution < -0.4 is 4.74 Å². The fraction of sp³-hybridized carbons (Fsp3) is 0.261. The van der Waals surface area contributed by atoms with Crippen molar-refractivity contribution >= 4 is 35.0 Å². The number of rotatable bonds is 4. The van der Waals surface area contributed by atoms with Crippen LogP contribution >= 0.6 is 12.4 Å². The molecule has 3 nitrogen and oxygen atoms in total. The molecule has 1 unspecified atom stereocenters. The highest BCUT2D eigenvalue weighted by Gasteiger charge is 2.24. The summed E-state index contributed by atoms with van der Waals surface area (Å²) in [6.45, 7) is 1.01. The topological polar surface area (TPSA) is 25.4 Å². The second-order valence-corrected chi connectivity index (χ2v) is 7.22. The molecular weight excluding hydrogens is 356 g/mol. The summed E-state index contributed by atoms with van der Waals surface area (Å²) in [5.41, 5.74) is 6.04. The third kappa shape index (κ3) is 4.00. The summed E-state index contributed by atoms with van der Waals surface area (Å²) in [6.07, 6.45) is 3.28. The Bertz CT molecular complexity index is 981. The van der Waals surface area contributed by atoms with Crippen LogP contribution in [0, 0.1) is 5.92 Å². The molecule has 1 aromatic heterocycles. The number of ether oxygens (including phenoxy) is 1. The average molecular weight is 381 g/mol. The molecule has 0 saturated heterocycles. The second kappa shape index (κ2) is 8.12. The first kappa shape index (κ1) is 19.4. The molecule has 4 rings (SSSR count). The van der Waals surface area contributed by atoms with Crippen molar-refractivity contribution in [2.24, 2.45) is 5.92 Å². The molecule has 140 valence electrons. The van der Waals surface area contributed by atoms with E-state index in [0.29, 0.717) is 5.92 Å². The van der Waals surface area contributed by atoms with E-state index < -0.39 is 0 Å². The van der Waals surface area contributed by atoms with Gasteiger partial charge in [0, 0.05) is 17.8 Å². The summed E-state index contributed by atoms with van der Waals surface area (Å²) < 4.78 is 5.44. The van der Waals surface area contributed by atoms with Gasteiger partial charge in [-0.15, -0.1) is 12.4 Å². The summed E-state index contributed by atoms with van der Waals surface area (Å²) in [5.74, 6) is 1.33. The van der Waals surface area contributed by atoms with Crippen LogP contribution in [0.15, 0.2) is 54.6 Å². The lowest BCUT2D eigenvalue weighted by Gasteiger charge is -2.29. The largest absolute Gasteiger partial charge is 0.497 e. The van der Waals surface area contributed by atoms with Gasteiger partial charge in [0.15, 0.2) is 0 Å². The van der Waals surface area contributed by atoms with E-state index in [1.807, 2.05) is 12.1 Å². The number of methoxy groups -OCH3 is 1. The smallest absolute Gasteiger partial charge is 0.119 e. The number of benzene rings is 2. The van der Waals surface area contributed by atoms with Crippen LogP contribution in [-0.2, 0) is 6.42 Å². The van der Waals surface area contributed by atoms with E-state index in [0.717, 1.165) is 29.9 Å². The number of para-hydroxylation sites is 1. The zero-order valence-electron chi connectivity index (χ0n) is 16.0. The lowest BCUT2D eigenvalue weighted by atomic mass is 9.81. The van der Waals surface area contributed by atoms with Gasteiger partial charge in [0.1, 0.15) is 5.75 Å². The van der Waals surface area contributed by atoms with Crippen molar-refractivity contribution in [3.63, 3.8) is 0 Å². The highest BCUT2D eigenvalue weighted by atomic mass is 35.5. The molecule has 1 aliphatic rings. The number of pyridine rings is 1. The fourth-order valence-corrected chi connectivity index (χ4v) is 3.83. The molecular formula is C23H25ClN2O. The van der Waals surface area contributed by atoms with Crippen LogP contribution in [0.1, 0.15) is 16.8 Å². The van der Waals surface area contributed by atoms with Crippen molar-refractivity contribution in [3.05, 3.63) is 71.4 Å². The van der Waals surface area contributed by atoms with Crippen molar-refractivity contribution in [1.82, 2.24) is 9.88 Å². The molecule has 27 heavy (non-hydrogen) atoms. The Hall–Kier alpha value is -2.36. The van der Waals surface area contributed by atoms with Gasteiger partial charge in [-0.3, -0.25) is 0 Å². The van der Waals surface area contributed by atoms with Gasteiger partial charge < -0.3 is 9.64 Å². The minimum atomic E-state index is 0. The number of aromatic nitrogens is 1. The Kier molecular flexibility index (Phi) is 5.83. The lowest BCUT2D eigenvalue weighted by molar-refractivity contribution is 0.362. The first-order chi connectivity index (χ1) is 12.6. The normalized spacial score (nSPS) is 15.9. The highest BCUT2D eigenvalue weighted by Crippen LogP contribution is 2.36. The van der Waals surface area contributed by atoms with Crippen molar-refractivity contribution in [1.29, 1.82) is 0 Å². The number of hydrogen-bond donors (Lipinski definition) is 0. The predicted molar refractivity (Wildman–Crippen MR) is 116 cm³/mol. The van der Waals surface area contributed by atoms with E-state index in [9.17, 15) is 0 Å². The van der Waals surface area contributed by atoms with Crippen molar-refractivity contribution < 1.29 is 4.74 Å². The monoisotopic (exact) mass is 380 g/mol. The Morgan fingerprint density at radius 1 is 1.07 bits per heavy atom. The molecule has 1 heterocycles. The van der Waals surface area contributed by atoms with Crippen LogP contribution in [0.5, 0.6) is 5.75 Å². The van der Waals surface area contributed by atoms with Crippen LogP contribution in [-0.4, -0.2) is 37.6 Å². The summed E-state index contributed by atoms with van der Waals surface area (Å²) >= 11 is 0. The van der Waals surface area contributed by atoms with E-state index in [1.54, 1.807) is 7.11 Å². The molecule has 1 aliphatic carbocycles. The molecule has 1 atom stereocenters. The van der Waals surface area contributed by atoms with Gasteiger partial charge in [-0.2, -0.15) is 0 Å². The minimum Gasteiger partial charge on any atom is -0.497 e. The third-order valence-electron chi connectivity index (χ3n) is 5.02. The van der Waals surface area contributed by atoms with Crippen LogP contribution in [0.4, 0.5) is 0 Å². The summed E-state index contributed by atoms with van der Waals surface area (Å²) in [6, 6.07) is 19.0. The zero-order valence-corrected chi connectivity index (χ0v) is 16.8. The maximum atomic E-state index is 5.44. The van der Waals surface area contributed by atoms with Crippen molar-refractivity contribution in [2.45, 2.75) is 6.42 Å². The van der Waals surface area contributed by atoms with Crippen LogP contribution in [0.2, 0.25) is 0 Å². The van der Waals surface area contributed by atoms with E-state index in [1.165, 1.54) is 22.1 Å². The van der Waals surface area contributed by atoms with E-state index in [4.69, 9.17) is 9.72 Å². The quantitative estimate of drug-likeness (QED) is 0.641. The number of nitrogens with zero attached hydrogens (tertiary/aromatic N) is 2. The molecule has 0 amide bonds. The molecule has 0 fully saturated rings. The van der Waals surface area contributed by atoms with Gasteiger partial charge in [0.25, 0.3) is 0 Å². The van der Waals surface area contributed by atoms with E-state index >= 15 is 0 Å². The maximum Gasteiger partial charge on any atom is 0.119 e. The number of fused-ring (bicyclic) bond motifs is 2. The van der Waals surface area contributed by atoms with Crippen LogP contribution in [0.3, 0.4) is 0 Å². The molecule has 2 aromatic carbocycles. The van der Waals surface area contributed by atoms with Gasteiger partial charge in [-0.1, -0.05) is 30.3 Å². The molecule has 0 bridgehead atoms. The molecule has 0 spiro atoms. The van der Waals surface area contributed by atoms with Crippen molar-refractivity contribution in [2.75, 3.05) is 27.7 Å². The first-order valence-corrected chi connectivity index (χ1v) is 9.03. The highest BCUT2D eigenvalue weighted by molar-refractivity contribution is 5.88. The number of halogens is 1. The third-order valence-corrected chi connectivity index (χ3v) is 5.02. The molecule has 4 heteroatoms. The first-order valence-electron chi connectivity index (χ1n) is 9.03. The summed E-state index contributed by atoms with van der Waals surface area (Å²) in [5, 5.41) is 1.22. The molecule has 3 aromatic rings. The summed E-state index contributed by atoms with van der Waals surface area (Å²) in [4.78, 5) is 7.19. The number of hydrogen-bond acceptors (Lipinski definition) is 3. The summed E-state index contributed by atoms with van der Waals surface area (Å²) in [7, 11) is 5.99. The van der Waals surface area contributed by atoms with Gasteiger partial charge >= 0.3 is 0 Å². The Morgan fingerprint density at radius 2 is 1.89 bits per heavy atom. The average Bonchev–Trinajstić information content (AvgIpc) is 2.65. The lowest BCUT2D eigenvalue weighted by Crippen LogP contribution is -2.26. The molecule has 0 saturated carbocycles. The van der Waals surface area contributed by atoms with E-state index in [-0.39, 0.29) is 12.4 Å². The van der Waals surface area contributed by atoms with Gasteiger partial charge in [0.05, 0.1) is 18.3 Å². The standard InChI is InChI=1S/C23H24N2O.ClH/c1-25(2)15-19-12-18-11-17-7-4-5-10-22(17)24-23(18)14-21(19)16-8-6-9-20(13-16)26-3;/h4-11,13-14,19H,12,15H2,1-3H3;1H. The predicted octanol–water partition coefficient (Wildman–Crippen LogP) is 4.94. The van der Waals surface area contributed by atoms with Crippen LogP contribution in [0.25, 0.3) is 22.6 Å². The fourth-order valence-electron chi connectivity index (χ4n) is 3.83. The van der Waals surface area contributed by atoms with Crippen molar-refractivity contribution in [3.8, 4) is 5.75 Å². The molecule has 0 N–H and O–H groups in total. The second-order valence-electron chi connectivity index (χ2n) is 7.22. The SMILES string of the molecule is COc1cccc(C2=Cc3nc4ccccc4cc3CC2CN(C)C)c1.Cl.